The van der Waals surface area contributed by atoms with Gasteiger partial charge >= 0.3 is 0 Å². The maximum atomic E-state index is 13.1. The van der Waals surface area contributed by atoms with Crippen LogP contribution in [-0.2, 0) is 11.3 Å². The zero-order chi connectivity index (χ0) is 19.3. The Morgan fingerprint density at radius 3 is 2.62 bits per heavy atom. The van der Waals surface area contributed by atoms with Crippen molar-refractivity contribution in [1.82, 2.24) is 9.88 Å². The lowest BCUT2D eigenvalue weighted by Gasteiger charge is -2.23. The van der Waals surface area contributed by atoms with Crippen molar-refractivity contribution >= 4 is 11.7 Å². The van der Waals surface area contributed by atoms with Gasteiger partial charge < -0.3 is 19.2 Å². The number of nitrogens with one attached hydrogen (secondary N) is 2. The second-order valence-corrected chi connectivity index (χ2v) is 6.68. The second kappa shape index (κ2) is 8.85. The SMILES string of the molecule is CCNC(=O)C[NH+](CC)[C@H](C)C(=O)c1cc(C)n(Cc2ccco2)c1C. The molecule has 0 saturated carbocycles. The summed E-state index contributed by atoms with van der Waals surface area (Å²) in [5.41, 5.74) is 2.68. The quantitative estimate of drug-likeness (QED) is 0.664. The van der Waals surface area contributed by atoms with Crippen molar-refractivity contribution in [1.29, 1.82) is 0 Å². The summed E-state index contributed by atoms with van der Waals surface area (Å²) in [4.78, 5) is 26.0. The smallest absolute Gasteiger partial charge is 0.275 e. The number of carbonyl (C=O) groups excluding carboxylic acids is 2. The van der Waals surface area contributed by atoms with Gasteiger partial charge in [0, 0.05) is 23.5 Å². The molecule has 0 aliphatic rings. The van der Waals surface area contributed by atoms with E-state index in [1.165, 1.54) is 0 Å². The van der Waals surface area contributed by atoms with Gasteiger partial charge in [-0.2, -0.15) is 0 Å². The summed E-state index contributed by atoms with van der Waals surface area (Å²) in [6.07, 6.45) is 1.65. The highest BCUT2D eigenvalue weighted by Gasteiger charge is 2.29. The molecule has 0 aliphatic carbocycles. The highest BCUT2D eigenvalue weighted by molar-refractivity contribution is 6.00. The molecule has 0 aliphatic heterocycles. The first-order valence-electron chi connectivity index (χ1n) is 9.23. The van der Waals surface area contributed by atoms with E-state index in [2.05, 4.69) is 9.88 Å². The fourth-order valence-electron chi connectivity index (χ4n) is 3.32. The molecule has 0 fully saturated rings. The molecule has 0 saturated heterocycles. The summed E-state index contributed by atoms with van der Waals surface area (Å²) >= 11 is 0. The number of hydrogen-bond acceptors (Lipinski definition) is 3. The molecule has 142 valence electrons. The van der Waals surface area contributed by atoms with Crippen LogP contribution in [0, 0.1) is 13.8 Å². The molecular weight excluding hydrogens is 330 g/mol. The van der Waals surface area contributed by atoms with Crippen molar-refractivity contribution < 1.29 is 18.9 Å². The molecule has 2 rings (SSSR count). The van der Waals surface area contributed by atoms with Crippen molar-refractivity contribution in [3.05, 3.63) is 47.2 Å². The van der Waals surface area contributed by atoms with Gasteiger partial charge in [-0.1, -0.05) is 0 Å². The van der Waals surface area contributed by atoms with E-state index in [0.29, 0.717) is 19.6 Å². The Morgan fingerprint density at radius 2 is 2.04 bits per heavy atom. The van der Waals surface area contributed by atoms with Gasteiger partial charge in [0.05, 0.1) is 19.4 Å². The Morgan fingerprint density at radius 1 is 1.31 bits per heavy atom. The van der Waals surface area contributed by atoms with Gasteiger partial charge in [0.25, 0.3) is 5.91 Å². The third kappa shape index (κ3) is 4.43. The van der Waals surface area contributed by atoms with Gasteiger partial charge in [-0.3, -0.25) is 9.59 Å². The Kier molecular flexibility index (Phi) is 6.80. The van der Waals surface area contributed by atoms with Gasteiger partial charge in [-0.05, 0) is 52.8 Å². The number of likely N-dealkylation sites (N-methyl/N-ethyl adjacent to an activating group) is 2. The van der Waals surface area contributed by atoms with Gasteiger partial charge in [0.1, 0.15) is 11.8 Å². The fraction of sp³-hybridized carbons (Fsp3) is 0.500. The molecule has 2 N–H and O–H groups in total. The first kappa shape index (κ1) is 20.0. The van der Waals surface area contributed by atoms with Gasteiger partial charge in [-0.25, -0.2) is 0 Å². The maximum Gasteiger partial charge on any atom is 0.275 e. The van der Waals surface area contributed by atoms with E-state index < -0.39 is 0 Å². The number of quaternary nitrogens is 1. The number of carbonyl (C=O) groups is 2. The summed E-state index contributed by atoms with van der Waals surface area (Å²) in [5, 5.41) is 2.81. The van der Waals surface area contributed by atoms with Crippen LogP contribution in [0.2, 0.25) is 0 Å². The maximum absolute atomic E-state index is 13.1. The van der Waals surface area contributed by atoms with E-state index in [4.69, 9.17) is 4.42 Å². The zero-order valence-corrected chi connectivity index (χ0v) is 16.4. The van der Waals surface area contributed by atoms with E-state index in [1.807, 2.05) is 52.8 Å². The molecule has 2 atom stereocenters. The zero-order valence-electron chi connectivity index (χ0n) is 16.4. The highest BCUT2D eigenvalue weighted by atomic mass is 16.3. The minimum Gasteiger partial charge on any atom is -0.467 e. The largest absolute Gasteiger partial charge is 0.467 e. The normalized spacial score (nSPS) is 13.4. The van der Waals surface area contributed by atoms with Crippen molar-refractivity contribution in [3.8, 4) is 0 Å². The lowest BCUT2D eigenvalue weighted by Crippen LogP contribution is -3.17. The van der Waals surface area contributed by atoms with E-state index in [-0.39, 0.29) is 17.7 Å². The van der Waals surface area contributed by atoms with Gasteiger partial charge in [0.15, 0.2) is 6.54 Å². The van der Waals surface area contributed by atoms with Crippen LogP contribution in [0.3, 0.4) is 0 Å². The van der Waals surface area contributed by atoms with Crippen molar-refractivity contribution in [2.24, 2.45) is 0 Å². The molecular formula is C20H30N3O3+. The molecule has 1 amide bonds. The minimum absolute atomic E-state index is 0.0210. The number of hydrogen-bond donors (Lipinski definition) is 2. The third-order valence-corrected chi connectivity index (χ3v) is 4.95. The molecule has 0 radical (unpaired) electrons. The van der Waals surface area contributed by atoms with Crippen LogP contribution in [0.4, 0.5) is 0 Å². The fourth-order valence-corrected chi connectivity index (χ4v) is 3.32. The third-order valence-electron chi connectivity index (χ3n) is 4.95. The van der Waals surface area contributed by atoms with Crippen molar-refractivity contribution in [2.75, 3.05) is 19.6 Å². The molecule has 26 heavy (non-hydrogen) atoms. The molecule has 6 heteroatoms. The topological polar surface area (TPSA) is 68.7 Å². The molecule has 0 aromatic carbocycles. The number of aromatic nitrogens is 1. The van der Waals surface area contributed by atoms with Crippen LogP contribution in [0.15, 0.2) is 28.9 Å². The van der Waals surface area contributed by atoms with E-state index >= 15 is 0 Å². The summed E-state index contributed by atoms with van der Waals surface area (Å²) in [7, 11) is 0. The number of ketones is 1. The number of aryl methyl sites for hydroxylation is 1. The van der Waals surface area contributed by atoms with Crippen LogP contribution in [0.5, 0.6) is 0 Å². The number of furan rings is 1. The summed E-state index contributed by atoms with van der Waals surface area (Å²) in [5.74, 6) is 0.910. The highest BCUT2D eigenvalue weighted by Crippen LogP contribution is 2.18. The molecule has 0 bridgehead atoms. The Hall–Kier alpha value is -2.34. The molecule has 2 aromatic rings. The minimum atomic E-state index is -0.278. The van der Waals surface area contributed by atoms with Crippen LogP contribution < -0.4 is 10.2 Å². The molecule has 1 unspecified atom stereocenters. The second-order valence-electron chi connectivity index (χ2n) is 6.68. The molecule has 2 heterocycles. The van der Waals surface area contributed by atoms with Crippen LogP contribution in [0.1, 0.15) is 48.3 Å². The lowest BCUT2D eigenvalue weighted by molar-refractivity contribution is -0.903. The summed E-state index contributed by atoms with van der Waals surface area (Å²) in [6, 6.07) is 5.45. The van der Waals surface area contributed by atoms with Crippen molar-refractivity contribution in [2.45, 2.75) is 47.2 Å². The number of Topliss-reactive ketones (excluding diaryl/α,β-unsaturated/α-hetero) is 1. The monoisotopic (exact) mass is 360 g/mol. The number of rotatable bonds is 9. The Labute approximate surface area is 155 Å². The van der Waals surface area contributed by atoms with E-state index in [9.17, 15) is 9.59 Å². The molecule has 0 spiro atoms. The van der Waals surface area contributed by atoms with Crippen LogP contribution in [-0.4, -0.2) is 41.9 Å². The predicted octanol–water partition coefficient (Wildman–Crippen LogP) is 1.36. The van der Waals surface area contributed by atoms with Crippen molar-refractivity contribution in [3.63, 3.8) is 0 Å². The Balaban J connectivity index is 2.18. The van der Waals surface area contributed by atoms with Crippen LogP contribution >= 0.6 is 0 Å². The van der Waals surface area contributed by atoms with E-state index in [0.717, 1.165) is 34.2 Å². The first-order chi connectivity index (χ1) is 12.4. The standard InChI is InChI=1S/C20H29N3O3/c1-6-21-19(24)13-22(7-2)16(5)20(25)18-11-14(3)23(15(18)4)12-17-9-8-10-26-17/h8-11,16H,6-7,12-13H2,1-5H3,(H,21,24)/p+1/t16-/m1/s1. The average molecular weight is 360 g/mol. The first-order valence-corrected chi connectivity index (χ1v) is 9.23. The molecule has 6 nitrogen and oxygen atoms in total. The summed E-state index contributed by atoms with van der Waals surface area (Å²) < 4.78 is 7.52. The average Bonchev–Trinajstić information content (AvgIpc) is 3.22. The summed E-state index contributed by atoms with van der Waals surface area (Å²) in [6.45, 7) is 12.0. The number of nitrogens with zero attached hydrogens (tertiary/aromatic N) is 1. The van der Waals surface area contributed by atoms with Crippen LogP contribution in [0.25, 0.3) is 0 Å². The van der Waals surface area contributed by atoms with E-state index in [1.54, 1.807) is 6.26 Å². The van der Waals surface area contributed by atoms with Gasteiger partial charge in [-0.15, -0.1) is 0 Å². The Bertz CT molecular complexity index is 747. The lowest BCUT2D eigenvalue weighted by atomic mass is 10.0. The van der Waals surface area contributed by atoms with Gasteiger partial charge in [0.2, 0.25) is 5.78 Å². The predicted molar refractivity (Wildman–Crippen MR) is 101 cm³/mol. The number of amides is 1. The molecule has 2 aromatic heterocycles.